The third-order valence-corrected chi connectivity index (χ3v) is 2.36. The van der Waals surface area contributed by atoms with Gasteiger partial charge in [-0.05, 0) is 18.6 Å². The molecule has 1 aromatic carbocycles. The van der Waals surface area contributed by atoms with Gasteiger partial charge in [0.1, 0.15) is 6.61 Å². The Morgan fingerprint density at radius 1 is 1.44 bits per heavy atom. The van der Waals surface area contributed by atoms with Gasteiger partial charge in [-0.2, -0.15) is 0 Å². The van der Waals surface area contributed by atoms with Crippen molar-refractivity contribution in [3.63, 3.8) is 0 Å². The molecule has 2 rings (SSSR count). The minimum Gasteiger partial charge on any atom is -0.472 e. The van der Waals surface area contributed by atoms with E-state index >= 15 is 0 Å². The Morgan fingerprint density at radius 2 is 2.25 bits per heavy atom. The Balaban J connectivity index is 2.10. The zero-order valence-electron chi connectivity index (χ0n) is 8.92. The lowest BCUT2D eigenvalue weighted by molar-refractivity contribution is 0.141. The Kier molecular flexibility index (Phi) is 2.68. The molecule has 84 valence electrons. The summed E-state index contributed by atoms with van der Waals surface area (Å²) in [5.41, 5.74) is 8.55. The predicted molar refractivity (Wildman–Crippen MR) is 59.3 cm³/mol. The summed E-state index contributed by atoms with van der Waals surface area (Å²) in [5.74, 6) is 0.366. The molecule has 5 heteroatoms. The quantitative estimate of drug-likeness (QED) is 0.607. The molecule has 0 amide bonds. The molecule has 0 saturated heterocycles. The standard InChI is InChI=1S/C11H13N3O2/c1-8-3-2-4-10(12)9(8)7-16-11-5-6-14(15)13-11/h2-6,15H,7,12H2,1H3. The normalized spacial score (nSPS) is 10.3. The second-order valence-electron chi connectivity index (χ2n) is 3.51. The molecule has 3 N–H and O–H groups in total. The molecule has 0 spiro atoms. The second-order valence-corrected chi connectivity index (χ2v) is 3.51. The molecule has 5 nitrogen and oxygen atoms in total. The average Bonchev–Trinajstić information content (AvgIpc) is 2.63. The van der Waals surface area contributed by atoms with Gasteiger partial charge in [0.05, 0.1) is 6.20 Å². The molecule has 0 bridgehead atoms. The minimum atomic E-state index is 0.343. The van der Waals surface area contributed by atoms with Gasteiger partial charge in [-0.1, -0.05) is 17.2 Å². The number of nitrogens with two attached hydrogens (primary N) is 1. The van der Waals surface area contributed by atoms with E-state index in [-0.39, 0.29) is 0 Å². The lowest BCUT2D eigenvalue weighted by Crippen LogP contribution is -2.03. The van der Waals surface area contributed by atoms with E-state index in [1.54, 1.807) is 6.07 Å². The van der Waals surface area contributed by atoms with Crippen LogP contribution in [0.5, 0.6) is 5.88 Å². The summed E-state index contributed by atoms with van der Waals surface area (Å²) in [7, 11) is 0. The number of benzene rings is 1. The van der Waals surface area contributed by atoms with Gasteiger partial charge in [0.2, 0.25) is 5.88 Å². The van der Waals surface area contributed by atoms with Gasteiger partial charge in [0.25, 0.3) is 0 Å². The van der Waals surface area contributed by atoms with E-state index in [0.717, 1.165) is 11.1 Å². The molecule has 0 saturated carbocycles. The van der Waals surface area contributed by atoms with Crippen LogP contribution < -0.4 is 10.5 Å². The van der Waals surface area contributed by atoms with Crippen LogP contribution in [0.15, 0.2) is 30.5 Å². The fourth-order valence-corrected chi connectivity index (χ4v) is 1.44. The van der Waals surface area contributed by atoms with Crippen molar-refractivity contribution < 1.29 is 9.94 Å². The summed E-state index contributed by atoms with van der Waals surface area (Å²) in [6.07, 6.45) is 1.40. The number of aryl methyl sites for hydroxylation is 1. The summed E-state index contributed by atoms with van der Waals surface area (Å²) in [4.78, 5) is 0.705. The van der Waals surface area contributed by atoms with Crippen LogP contribution in [0, 0.1) is 6.92 Å². The highest BCUT2D eigenvalue weighted by Crippen LogP contribution is 2.18. The molecule has 0 radical (unpaired) electrons. The largest absolute Gasteiger partial charge is 0.472 e. The van der Waals surface area contributed by atoms with Crippen LogP contribution >= 0.6 is 0 Å². The lowest BCUT2D eigenvalue weighted by atomic mass is 10.1. The van der Waals surface area contributed by atoms with Crippen molar-refractivity contribution in [3.8, 4) is 5.88 Å². The Hall–Kier alpha value is -2.17. The Morgan fingerprint density at radius 3 is 2.88 bits per heavy atom. The van der Waals surface area contributed by atoms with Gasteiger partial charge < -0.3 is 15.7 Å². The highest BCUT2D eigenvalue weighted by atomic mass is 16.5. The number of rotatable bonds is 3. The first-order valence-corrected chi connectivity index (χ1v) is 4.88. The van der Waals surface area contributed by atoms with Crippen molar-refractivity contribution in [2.24, 2.45) is 0 Å². The lowest BCUT2D eigenvalue weighted by Gasteiger charge is -2.09. The van der Waals surface area contributed by atoms with Crippen molar-refractivity contribution >= 4 is 5.69 Å². The summed E-state index contributed by atoms with van der Waals surface area (Å²) < 4.78 is 5.40. The van der Waals surface area contributed by atoms with Crippen LogP contribution in [0.1, 0.15) is 11.1 Å². The molecule has 0 unspecified atom stereocenters. The van der Waals surface area contributed by atoms with Crippen molar-refractivity contribution in [1.29, 1.82) is 0 Å². The zero-order valence-corrected chi connectivity index (χ0v) is 8.92. The van der Waals surface area contributed by atoms with Gasteiger partial charge >= 0.3 is 0 Å². The first kappa shape index (κ1) is 10.4. The van der Waals surface area contributed by atoms with Crippen LogP contribution in [0.2, 0.25) is 0 Å². The van der Waals surface area contributed by atoms with E-state index in [4.69, 9.17) is 15.7 Å². The van der Waals surface area contributed by atoms with Gasteiger partial charge in [0.15, 0.2) is 0 Å². The number of hydrogen-bond donors (Lipinski definition) is 2. The summed E-state index contributed by atoms with van der Waals surface area (Å²) in [6.45, 7) is 2.31. The van der Waals surface area contributed by atoms with Gasteiger partial charge in [-0.15, -0.1) is 4.85 Å². The predicted octanol–water partition coefficient (Wildman–Crippen LogP) is 1.59. The highest BCUT2D eigenvalue weighted by molar-refractivity contribution is 5.50. The first-order chi connectivity index (χ1) is 7.66. The monoisotopic (exact) mass is 219 g/mol. The summed E-state index contributed by atoms with van der Waals surface area (Å²) >= 11 is 0. The molecule has 0 aliphatic rings. The van der Waals surface area contributed by atoms with E-state index in [1.807, 2.05) is 25.1 Å². The van der Waals surface area contributed by atoms with Crippen LogP contribution in [0.4, 0.5) is 5.69 Å². The summed E-state index contributed by atoms with van der Waals surface area (Å²) in [5, 5.41) is 12.7. The number of nitrogens with zero attached hydrogens (tertiary/aromatic N) is 2. The first-order valence-electron chi connectivity index (χ1n) is 4.88. The number of hydrogen-bond acceptors (Lipinski definition) is 4. The average molecular weight is 219 g/mol. The maximum Gasteiger partial charge on any atom is 0.236 e. The number of aromatic nitrogens is 2. The highest BCUT2D eigenvalue weighted by Gasteiger charge is 2.05. The van der Waals surface area contributed by atoms with Crippen LogP contribution in [-0.4, -0.2) is 15.2 Å². The van der Waals surface area contributed by atoms with Gasteiger partial charge in [-0.3, -0.25) is 0 Å². The maximum absolute atomic E-state index is 8.96. The molecule has 0 aliphatic heterocycles. The SMILES string of the molecule is Cc1cccc(N)c1COc1ccn(O)n1. The van der Waals surface area contributed by atoms with E-state index in [0.29, 0.717) is 23.0 Å². The van der Waals surface area contributed by atoms with Crippen molar-refractivity contribution in [3.05, 3.63) is 41.6 Å². The number of nitrogen functional groups attached to an aromatic ring is 1. The minimum absolute atomic E-state index is 0.343. The topological polar surface area (TPSA) is 73.3 Å². The molecular weight excluding hydrogens is 206 g/mol. The molecule has 1 aromatic heterocycles. The maximum atomic E-state index is 8.96. The van der Waals surface area contributed by atoms with E-state index in [2.05, 4.69) is 5.10 Å². The smallest absolute Gasteiger partial charge is 0.236 e. The molecule has 1 heterocycles. The van der Waals surface area contributed by atoms with E-state index in [9.17, 15) is 0 Å². The third-order valence-electron chi connectivity index (χ3n) is 2.36. The van der Waals surface area contributed by atoms with Crippen molar-refractivity contribution in [2.75, 3.05) is 5.73 Å². The number of anilines is 1. The number of ether oxygens (including phenoxy) is 1. The van der Waals surface area contributed by atoms with Gasteiger partial charge in [-0.25, -0.2) is 0 Å². The van der Waals surface area contributed by atoms with E-state index < -0.39 is 0 Å². The van der Waals surface area contributed by atoms with Crippen LogP contribution in [0.25, 0.3) is 0 Å². The fourth-order valence-electron chi connectivity index (χ4n) is 1.44. The Bertz CT molecular complexity index is 473. The molecular formula is C11H13N3O2. The van der Waals surface area contributed by atoms with Crippen molar-refractivity contribution in [2.45, 2.75) is 13.5 Å². The van der Waals surface area contributed by atoms with Crippen LogP contribution in [0.3, 0.4) is 0 Å². The molecule has 0 aliphatic carbocycles. The Labute approximate surface area is 93.0 Å². The molecule has 0 fully saturated rings. The molecule has 0 atom stereocenters. The van der Waals surface area contributed by atoms with E-state index in [1.165, 1.54) is 6.20 Å². The second kappa shape index (κ2) is 4.14. The molecule has 2 aromatic rings. The van der Waals surface area contributed by atoms with Gasteiger partial charge in [0, 0.05) is 17.3 Å². The fraction of sp³-hybridized carbons (Fsp3) is 0.182. The zero-order chi connectivity index (χ0) is 11.5. The molecule has 16 heavy (non-hydrogen) atoms. The van der Waals surface area contributed by atoms with Crippen LogP contribution in [-0.2, 0) is 6.61 Å². The summed E-state index contributed by atoms with van der Waals surface area (Å²) in [6, 6.07) is 7.28. The third kappa shape index (κ3) is 2.08. The van der Waals surface area contributed by atoms with Crippen molar-refractivity contribution in [1.82, 2.24) is 9.94 Å².